The van der Waals surface area contributed by atoms with Gasteiger partial charge in [-0.25, -0.2) is 4.98 Å². The van der Waals surface area contributed by atoms with E-state index in [0.29, 0.717) is 5.69 Å². The van der Waals surface area contributed by atoms with Crippen LogP contribution < -0.4 is 4.90 Å². The number of aromatic nitrogens is 1. The summed E-state index contributed by atoms with van der Waals surface area (Å²) in [5.41, 5.74) is -0.00851. The average Bonchev–Trinajstić information content (AvgIpc) is 2.70. The Balaban J connectivity index is 2.45. The number of pyridine rings is 1. The zero-order chi connectivity index (χ0) is 15.1. The highest BCUT2D eigenvalue weighted by atomic mass is 32.3. The molecular formula is C10H10FN3O5S. The zero-order valence-electron chi connectivity index (χ0n) is 10.3. The van der Waals surface area contributed by atoms with E-state index in [1.165, 1.54) is 12.1 Å². The quantitative estimate of drug-likeness (QED) is 0.462. The fourth-order valence-corrected chi connectivity index (χ4v) is 2.61. The second-order valence-electron chi connectivity index (χ2n) is 4.36. The van der Waals surface area contributed by atoms with Crippen LogP contribution in [0.4, 0.5) is 15.4 Å². The van der Waals surface area contributed by atoms with Gasteiger partial charge in [-0.3, -0.25) is 19.8 Å². The lowest BCUT2D eigenvalue weighted by Gasteiger charge is -2.15. The number of aryl methyl sites for hydroxylation is 1. The molecule has 2 rings (SSSR count). The van der Waals surface area contributed by atoms with Gasteiger partial charge in [-0.15, -0.1) is 3.89 Å². The standard InChI is InChI=1S/C10H10FN3O5S/c1-6-2-3-8(14(16)17)10(12-6)13-5-7(4-9(13)15)20(11,18)19/h2-3,7H,4-5H2,1H3. The maximum absolute atomic E-state index is 12.9. The molecule has 0 bridgehead atoms. The van der Waals surface area contributed by atoms with Crippen molar-refractivity contribution in [2.75, 3.05) is 11.4 Å². The van der Waals surface area contributed by atoms with Crippen molar-refractivity contribution in [2.45, 2.75) is 18.6 Å². The van der Waals surface area contributed by atoms with Gasteiger partial charge in [0.2, 0.25) is 11.7 Å². The highest BCUT2D eigenvalue weighted by molar-refractivity contribution is 7.87. The number of nitro groups is 1. The minimum Gasteiger partial charge on any atom is -0.290 e. The van der Waals surface area contributed by atoms with Crippen LogP contribution in [0, 0.1) is 17.0 Å². The number of nitrogens with zero attached hydrogens (tertiary/aromatic N) is 3. The summed E-state index contributed by atoms with van der Waals surface area (Å²) in [4.78, 5) is 26.7. The van der Waals surface area contributed by atoms with Crippen molar-refractivity contribution in [2.24, 2.45) is 0 Å². The molecule has 1 amide bonds. The van der Waals surface area contributed by atoms with E-state index in [2.05, 4.69) is 4.98 Å². The normalized spacial score (nSPS) is 19.4. The fourth-order valence-electron chi connectivity index (χ4n) is 1.94. The Morgan fingerprint density at radius 3 is 2.65 bits per heavy atom. The molecule has 1 aromatic heterocycles. The van der Waals surface area contributed by atoms with Crippen LogP contribution in [0.2, 0.25) is 0 Å². The van der Waals surface area contributed by atoms with E-state index < -0.39 is 45.0 Å². The smallest absolute Gasteiger partial charge is 0.290 e. The monoisotopic (exact) mass is 303 g/mol. The Labute approximate surface area is 113 Å². The molecule has 1 aromatic rings. The molecule has 8 nitrogen and oxygen atoms in total. The van der Waals surface area contributed by atoms with Gasteiger partial charge in [0.25, 0.3) is 0 Å². The minimum absolute atomic E-state index is 0.258. The topological polar surface area (TPSA) is 110 Å². The van der Waals surface area contributed by atoms with Gasteiger partial charge in [0.1, 0.15) is 5.25 Å². The average molecular weight is 303 g/mol. The number of carbonyl (C=O) groups is 1. The van der Waals surface area contributed by atoms with Gasteiger partial charge in [-0.1, -0.05) is 0 Å². The van der Waals surface area contributed by atoms with Crippen molar-refractivity contribution >= 4 is 27.6 Å². The van der Waals surface area contributed by atoms with Crippen molar-refractivity contribution in [3.63, 3.8) is 0 Å². The van der Waals surface area contributed by atoms with Gasteiger partial charge in [-0.05, 0) is 13.0 Å². The Bertz CT molecular complexity index is 690. The zero-order valence-corrected chi connectivity index (χ0v) is 11.1. The molecule has 1 fully saturated rings. The molecule has 1 aliphatic heterocycles. The van der Waals surface area contributed by atoms with Gasteiger partial charge in [0.15, 0.2) is 0 Å². The lowest BCUT2D eigenvalue weighted by Crippen LogP contribution is -2.28. The molecule has 0 aromatic carbocycles. The third-order valence-electron chi connectivity index (χ3n) is 2.93. The lowest BCUT2D eigenvalue weighted by molar-refractivity contribution is -0.384. The first-order valence-corrected chi connectivity index (χ1v) is 7.00. The number of carbonyl (C=O) groups excluding carboxylic acids is 1. The molecule has 1 atom stereocenters. The minimum atomic E-state index is -4.88. The van der Waals surface area contributed by atoms with Crippen molar-refractivity contribution in [1.82, 2.24) is 4.98 Å². The SMILES string of the molecule is Cc1ccc([N+](=O)[O-])c(N2CC(S(=O)(=O)F)CC2=O)n1. The molecule has 1 aliphatic rings. The van der Waals surface area contributed by atoms with E-state index >= 15 is 0 Å². The van der Waals surface area contributed by atoms with Crippen LogP contribution in [0.25, 0.3) is 0 Å². The highest BCUT2D eigenvalue weighted by Gasteiger charge is 2.41. The third-order valence-corrected chi connectivity index (χ3v) is 4.05. The maximum Gasteiger partial charge on any atom is 0.312 e. The summed E-state index contributed by atoms with van der Waals surface area (Å²) in [6.07, 6.45) is -0.550. The first-order chi connectivity index (χ1) is 9.20. The molecule has 10 heteroatoms. The summed E-state index contributed by atoms with van der Waals surface area (Å²) in [6.45, 7) is 1.09. The summed E-state index contributed by atoms with van der Waals surface area (Å²) in [5, 5.41) is 9.39. The van der Waals surface area contributed by atoms with Crippen molar-refractivity contribution in [3.8, 4) is 0 Å². The van der Waals surface area contributed by atoms with Crippen molar-refractivity contribution in [1.29, 1.82) is 0 Å². The van der Waals surface area contributed by atoms with Crippen molar-refractivity contribution in [3.05, 3.63) is 27.9 Å². The second-order valence-corrected chi connectivity index (χ2v) is 5.98. The molecule has 1 unspecified atom stereocenters. The fraction of sp³-hybridized carbons (Fsp3) is 0.400. The van der Waals surface area contributed by atoms with Gasteiger partial charge >= 0.3 is 15.9 Å². The molecule has 1 saturated heterocycles. The van der Waals surface area contributed by atoms with Gasteiger partial charge in [0.05, 0.1) is 4.92 Å². The van der Waals surface area contributed by atoms with E-state index in [0.717, 1.165) is 4.90 Å². The molecule has 20 heavy (non-hydrogen) atoms. The van der Waals surface area contributed by atoms with Crippen LogP contribution in [-0.2, 0) is 15.0 Å². The highest BCUT2D eigenvalue weighted by Crippen LogP contribution is 2.31. The van der Waals surface area contributed by atoms with Crippen LogP contribution in [0.1, 0.15) is 12.1 Å². The summed E-state index contributed by atoms with van der Waals surface area (Å²) in [7, 11) is -4.88. The van der Waals surface area contributed by atoms with Gasteiger partial charge in [0, 0.05) is 24.7 Å². The number of rotatable bonds is 3. The van der Waals surface area contributed by atoms with Crippen LogP contribution >= 0.6 is 0 Å². The second kappa shape index (κ2) is 4.78. The number of halogens is 1. The predicted octanol–water partition coefficient (Wildman–Crippen LogP) is 0.703. The first kappa shape index (κ1) is 14.3. The molecule has 2 heterocycles. The summed E-state index contributed by atoms with van der Waals surface area (Å²) in [5.74, 6) is -0.969. The molecule has 0 N–H and O–H groups in total. The number of hydrogen-bond donors (Lipinski definition) is 0. The van der Waals surface area contributed by atoms with Crippen LogP contribution in [0.5, 0.6) is 0 Å². The molecule has 108 valence electrons. The largest absolute Gasteiger partial charge is 0.312 e. The predicted molar refractivity (Wildman–Crippen MR) is 66.4 cm³/mol. The van der Waals surface area contributed by atoms with E-state index in [4.69, 9.17) is 0 Å². The number of hydrogen-bond acceptors (Lipinski definition) is 6. The van der Waals surface area contributed by atoms with Crippen LogP contribution in [0.15, 0.2) is 12.1 Å². The summed E-state index contributed by atoms with van der Waals surface area (Å²) >= 11 is 0. The molecule has 0 spiro atoms. The van der Waals surface area contributed by atoms with Crippen molar-refractivity contribution < 1.29 is 22.0 Å². The van der Waals surface area contributed by atoms with E-state index in [1.807, 2.05) is 0 Å². The summed E-state index contributed by atoms with van der Waals surface area (Å²) in [6, 6.07) is 2.56. The molecule has 0 saturated carbocycles. The molecule has 0 radical (unpaired) electrons. The number of amides is 1. The maximum atomic E-state index is 12.9. The van der Waals surface area contributed by atoms with E-state index in [9.17, 15) is 27.2 Å². The van der Waals surface area contributed by atoms with E-state index in [1.54, 1.807) is 6.92 Å². The number of anilines is 1. The van der Waals surface area contributed by atoms with Crippen LogP contribution in [-0.4, -0.2) is 36.0 Å². The van der Waals surface area contributed by atoms with Crippen LogP contribution in [0.3, 0.4) is 0 Å². The third kappa shape index (κ3) is 2.59. The molecular weight excluding hydrogens is 293 g/mol. The Kier molecular flexibility index (Phi) is 3.42. The van der Waals surface area contributed by atoms with Gasteiger partial charge in [-0.2, -0.15) is 8.42 Å². The summed E-state index contributed by atoms with van der Waals surface area (Å²) < 4.78 is 34.6. The Morgan fingerprint density at radius 1 is 1.50 bits per heavy atom. The van der Waals surface area contributed by atoms with E-state index in [-0.39, 0.29) is 5.82 Å². The Hall–Kier alpha value is -2.10. The molecule has 0 aliphatic carbocycles. The first-order valence-electron chi connectivity index (χ1n) is 5.56. The van der Waals surface area contributed by atoms with Gasteiger partial charge < -0.3 is 0 Å². The Morgan fingerprint density at radius 2 is 2.15 bits per heavy atom. The lowest BCUT2D eigenvalue weighted by atomic mass is 10.3.